The molecule has 1 rings (SSSR count). The number of nitrogens with zero attached hydrogens (tertiary/aromatic N) is 2. The van der Waals surface area contributed by atoms with Crippen molar-refractivity contribution in [1.29, 1.82) is 0 Å². The van der Waals surface area contributed by atoms with Crippen molar-refractivity contribution in [2.45, 2.75) is 18.8 Å². The first kappa shape index (κ1) is 21.3. The molecule has 0 aliphatic carbocycles. The number of benzene rings is 1. The number of guanidine groups is 1. The molecule has 0 aliphatic rings. The summed E-state index contributed by atoms with van der Waals surface area (Å²) in [6, 6.07) is 7.09. The summed E-state index contributed by atoms with van der Waals surface area (Å²) >= 11 is 5.78. The first-order valence-electron chi connectivity index (χ1n) is 6.15. The van der Waals surface area contributed by atoms with Gasteiger partial charge in [0.05, 0.1) is 6.54 Å². The van der Waals surface area contributed by atoms with Gasteiger partial charge in [-0.25, -0.2) is 0 Å². The Morgan fingerprint density at radius 3 is 2.36 bits per heavy atom. The van der Waals surface area contributed by atoms with E-state index in [1.807, 2.05) is 12.1 Å². The molecule has 0 heterocycles. The molecule has 9 heteroatoms. The molecule has 0 radical (unpaired) electrons. The van der Waals surface area contributed by atoms with E-state index in [2.05, 4.69) is 10.3 Å². The van der Waals surface area contributed by atoms with Crippen LogP contribution in [0.2, 0.25) is 5.02 Å². The lowest BCUT2D eigenvalue weighted by molar-refractivity contribution is -0.201. The molecule has 1 aromatic carbocycles. The number of aliphatic hydroxyl groups excluding tert-OH is 1. The van der Waals surface area contributed by atoms with Crippen LogP contribution in [0.5, 0.6) is 0 Å². The first-order valence-corrected chi connectivity index (χ1v) is 6.53. The van der Waals surface area contributed by atoms with Crippen molar-refractivity contribution in [3.63, 3.8) is 0 Å². The molecule has 1 aromatic rings. The van der Waals surface area contributed by atoms with Crippen LogP contribution in [0.4, 0.5) is 13.2 Å². The maximum atomic E-state index is 12.2. The van der Waals surface area contributed by atoms with Crippen molar-refractivity contribution in [2.24, 2.45) is 4.99 Å². The molecule has 22 heavy (non-hydrogen) atoms. The van der Waals surface area contributed by atoms with E-state index < -0.39 is 18.8 Å². The highest BCUT2D eigenvalue weighted by atomic mass is 127. The first-order chi connectivity index (χ1) is 9.74. The summed E-state index contributed by atoms with van der Waals surface area (Å²) in [7, 11) is 3.14. The van der Waals surface area contributed by atoms with Crippen LogP contribution in [-0.2, 0) is 6.54 Å². The number of rotatable bonds is 4. The summed E-state index contributed by atoms with van der Waals surface area (Å²) in [6.45, 7) is -0.208. The zero-order chi connectivity index (χ0) is 16.0. The van der Waals surface area contributed by atoms with Gasteiger partial charge in [0.15, 0.2) is 12.1 Å². The second-order valence-corrected chi connectivity index (χ2v) is 4.90. The van der Waals surface area contributed by atoms with Crippen molar-refractivity contribution >= 4 is 41.5 Å². The van der Waals surface area contributed by atoms with E-state index >= 15 is 0 Å². The van der Waals surface area contributed by atoms with Gasteiger partial charge >= 0.3 is 6.18 Å². The molecule has 126 valence electrons. The zero-order valence-corrected chi connectivity index (χ0v) is 15.1. The average Bonchev–Trinajstić information content (AvgIpc) is 2.40. The summed E-state index contributed by atoms with van der Waals surface area (Å²) in [5.74, 6) is 0.258. The molecule has 0 fully saturated rings. The Hall–Kier alpha value is -0.740. The molecule has 1 atom stereocenters. The van der Waals surface area contributed by atoms with Crippen LogP contribution in [0.25, 0.3) is 0 Å². The number of halogens is 5. The summed E-state index contributed by atoms with van der Waals surface area (Å²) in [4.78, 5) is 5.53. The second-order valence-electron chi connectivity index (χ2n) is 4.47. The van der Waals surface area contributed by atoms with Gasteiger partial charge in [-0.3, -0.25) is 4.99 Å². The Labute approximate surface area is 149 Å². The molecule has 0 saturated heterocycles. The summed E-state index contributed by atoms with van der Waals surface area (Å²) < 4.78 is 36.7. The van der Waals surface area contributed by atoms with E-state index in [1.165, 1.54) is 7.05 Å². The number of hydrogen-bond acceptors (Lipinski definition) is 2. The van der Waals surface area contributed by atoms with Crippen LogP contribution in [0.3, 0.4) is 0 Å². The highest BCUT2D eigenvalue weighted by molar-refractivity contribution is 14.0. The highest BCUT2D eigenvalue weighted by Gasteiger charge is 2.38. The van der Waals surface area contributed by atoms with Crippen LogP contribution < -0.4 is 5.32 Å². The van der Waals surface area contributed by atoms with Gasteiger partial charge in [0.2, 0.25) is 0 Å². The molecule has 0 aromatic heterocycles. The van der Waals surface area contributed by atoms with E-state index in [-0.39, 0.29) is 29.9 Å². The second kappa shape index (κ2) is 9.41. The summed E-state index contributed by atoms with van der Waals surface area (Å²) in [5.41, 5.74) is 0.932. The van der Waals surface area contributed by atoms with Crippen LogP contribution in [0, 0.1) is 0 Å². The standard InChI is InChI=1S/C13H17ClF3N3O.HI/c1-18-12(19-7-11(21)13(15,16)17)20(2)8-9-3-5-10(14)6-4-9;/h3-6,11,21H,7-8H2,1-2H3,(H,18,19);1H. The molecule has 2 N–H and O–H groups in total. The van der Waals surface area contributed by atoms with Crippen molar-refractivity contribution in [1.82, 2.24) is 10.2 Å². The van der Waals surface area contributed by atoms with Gasteiger partial charge in [-0.15, -0.1) is 24.0 Å². The molecule has 0 saturated carbocycles. The molecule has 0 spiro atoms. The Bertz CT molecular complexity index is 482. The maximum Gasteiger partial charge on any atom is 0.416 e. The Balaban J connectivity index is 0.00000441. The maximum absolute atomic E-state index is 12.2. The molecular formula is C13H18ClF3IN3O. The third kappa shape index (κ3) is 7.01. The number of hydrogen-bond donors (Lipinski definition) is 2. The average molecular weight is 452 g/mol. The predicted octanol–water partition coefficient (Wildman–Crippen LogP) is 2.89. The van der Waals surface area contributed by atoms with Crippen LogP contribution in [0.1, 0.15) is 5.56 Å². The quantitative estimate of drug-likeness (QED) is 0.420. The van der Waals surface area contributed by atoms with E-state index in [4.69, 9.17) is 16.7 Å². The van der Waals surface area contributed by atoms with E-state index in [9.17, 15) is 13.2 Å². The number of nitrogens with one attached hydrogen (secondary N) is 1. The van der Waals surface area contributed by atoms with Crippen molar-refractivity contribution in [3.05, 3.63) is 34.9 Å². The lowest BCUT2D eigenvalue weighted by atomic mass is 10.2. The van der Waals surface area contributed by atoms with Gasteiger partial charge in [0.25, 0.3) is 0 Å². The van der Waals surface area contributed by atoms with Crippen molar-refractivity contribution < 1.29 is 18.3 Å². The molecular weight excluding hydrogens is 434 g/mol. The number of aliphatic imine (C=N–C) groups is 1. The molecule has 0 amide bonds. The van der Waals surface area contributed by atoms with Gasteiger partial charge in [-0.1, -0.05) is 23.7 Å². The molecule has 4 nitrogen and oxygen atoms in total. The highest BCUT2D eigenvalue weighted by Crippen LogP contribution is 2.19. The van der Waals surface area contributed by atoms with E-state index in [1.54, 1.807) is 24.1 Å². The fraction of sp³-hybridized carbons (Fsp3) is 0.462. The summed E-state index contributed by atoms with van der Waals surface area (Å²) in [6.07, 6.45) is -7.08. The third-order valence-corrected chi connectivity index (χ3v) is 2.99. The van der Waals surface area contributed by atoms with Gasteiger partial charge in [-0.05, 0) is 17.7 Å². The fourth-order valence-electron chi connectivity index (χ4n) is 1.63. The van der Waals surface area contributed by atoms with E-state index in [0.717, 1.165) is 5.56 Å². The topological polar surface area (TPSA) is 47.9 Å². The monoisotopic (exact) mass is 451 g/mol. The van der Waals surface area contributed by atoms with Crippen molar-refractivity contribution in [3.8, 4) is 0 Å². The fourth-order valence-corrected chi connectivity index (χ4v) is 1.75. The minimum Gasteiger partial charge on any atom is -0.382 e. The van der Waals surface area contributed by atoms with Gasteiger partial charge in [-0.2, -0.15) is 13.2 Å². The Morgan fingerprint density at radius 2 is 1.91 bits per heavy atom. The number of alkyl halides is 3. The van der Waals surface area contributed by atoms with Gasteiger partial charge in [0.1, 0.15) is 0 Å². The Morgan fingerprint density at radius 1 is 1.36 bits per heavy atom. The lowest BCUT2D eigenvalue weighted by Gasteiger charge is -2.24. The van der Waals surface area contributed by atoms with Crippen LogP contribution in [0.15, 0.2) is 29.3 Å². The normalized spacial score (nSPS) is 13.3. The SMILES string of the molecule is CN=C(NCC(O)C(F)(F)F)N(C)Cc1ccc(Cl)cc1.I. The number of aliphatic hydroxyl groups is 1. The van der Waals surface area contributed by atoms with Gasteiger partial charge < -0.3 is 15.3 Å². The smallest absolute Gasteiger partial charge is 0.382 e. The Kier molecular flexibility index (Phi) is 9.09. The van der Waals surface area contributed by atoms with Crippen molar-refractivity contribution in [2.75, 3.05) is 20.6 Å². The predicted molar refractivity (Wildman–Crippen MR) is 91.8 cm³/mol. The largest absolute Gasteiger partial charge is 0.416 e. The minimum absolute atomic E-state index is 0. The third-order valence-electron chi connectivity index (χ3n) is 2.74. The zero-order valence-electron chi connectivity index (χ0n) is 12.1. The van der Waals surface area contributed by atoms with Gasteiger partial charge in [0, 0.05) is 25.7 Å². The van der Waals surface area contributed by atoms with Crippen LogP contribution >= 0.6 is 35.6 Å². The van der Waals surface area contributed by atoms with Crippen LogP contribution in [-0.4, -0.2) is 48.9 Å². The molecule has 0 aliphatic heterocycles. The minimum atomic E-state index is -4.65. The van der Waals surface area contributed by atoms with E-state index in [0.29, 0.717) is 11.6 Å². The lowest BCUT2D eigenvalue weighted by Crippen LogP contribution is -2.45. The molecule has 1 unspecified atom stereocenters. The summed E-state index contributed by atoms with van der Waals surface area (Å²) in [5, 5.41) is 12.1. The molecule has 0 bridgehead atoms.